The summed E-state index contributed by atoms with van der Waals surface area (Å²) in [6.07, 6.45) is 5.50. The van der Waals surface area contributed by atoms with E-state index in [0.29, 0.717) is 12.1 Å². The molecule has 3 atom stereocenters. The van der Waals surface area contributed by atoms with Crippen LogP contribution in [0.1, 0.15) is 44.7 Å². The topological polar surface area (TPSA) is 138 Å². The van der Waals surface area contributed by atoms with E-state index in [1.54, 1.807) is 6.20 Å². The van der Waals surface area contributed by atoms with Gasteiger partial charge in [-0.25, -0.2) is 9.78 Å². The quantitative estimate of drug-likeness (QED) is 0.324. The Labute approximate surface area is 152 Å². The van der Waals surface area contributed by atoms with Crippen LogP contribution in [0.25, 0.3) is 0 Å². The number of hydrogen-bond donors (Lipinski definition) is 3. The lowest BCUT2D eigenvalue weighted by atomic mass is 10.1. The fraction of sp³-hybridized carbons (Fsp3) is 0.688. The Hall–Kier alpha value is -1.94. The molecule has 0 aliphatic heterocycles. The first-order valence-electron chi connectivity index (χ1n) is 8.72. The van der Waals surface area contributed by atoms with E-state index in [-0.39, 0.29) is 25.9 Å². The number of nitrogens with zero attached hydrogens (tertiary/aromatic N) is 1. The minimum atomic E-state index is -4.16. The van der Waals surface area contributed by atoms with Gasteiger partial charge in [0.05, 0.1) is 23.9 Å². The van der Waals surface area contributed by atoms with E-state index in [1.807, 2.05) is 6.92 Å². The summed E-state index contributed by atoms with van der Waals surface area (Å²) in [6, 6.07) is -0.896. The van der Waals surface area contributed by atoms with Crippen LogP contribution in [-0.2, 0) is 30.9 Å². The first kappa shape index (κ1) is 20.4. The fourth-order valence-electron chi connectivity index (χ4n) is 2.96. The number of hydrogen-bond acceptors (Lipinski definition) is 6. The summed E-state index contributed by atoms with van der Waals surface area (Å²) in [5.74, 6) is -1.52. The van der Waals surface area contributed by atoms with Crippen LogP contribution < -0.4 is 5.32 Å². The number of carbonyl (C=O) groups is 2. The van der Waals surface area contributed by atoms with Crippen LogP contribution in [0.5, 0.6) is 0 Å². The molecule has 9 nitrogen and oxygen atoms in total. The van der Waals surface area contributed by atoms with Crippen molar-refractivity contribution < 1.29 is 27.3 Å². The normalized spacial score (nSPS) is 21.3. The van der Waals surface area contributed by atoms with Crippen molar-refractivity contribution >= 4 is 22.0 Å². The maximum atomic E-state index is 12.5. The van der Waals surface area contributed by atoms with Gasteiger partial charge in [0, 0.05) is 18.5 Å². The number of esters is 1. The average Bonchev–Trinajstić information content (AvgIpc) is 3.25. The predicted molar refractivity (Wildman–Crippen MR) is 92.8 cm³/mol. The standard InChI is InChI=1S/C16H25N3O6S/c1-2-3-6-25-16(21)14(8-12-9-17-10-18-12)19-15(20)11-4-5-13(7-11)26(22,23)24/h9-11,13-14H,2-8H2,1H3,(H,17,18)(H,19,20)(H,22,23,24)/t11?,13?,14-/m0/s1. The summed E-state index contributed by atoms with van der Waals surface area (Å²) in [6.45, 7) is 2.25. The van der Waals surface area contributed by atoms with Gasteiger partial charge in [-0.3, -0.25) is 9.35 Å². The summed E-state index contributed by atoms with van der Waals surface area (Å²) in [7, 11) is -4.16. The molecule has 0 bridgehead atoms. The lowest BCUT2D eigenvalue weighted by Gasteiger charge is -2.19. The fourth-order valence-corrected chi connectivity index (χ4v) is 3.87. The number of aromatic amines is 1. The maximum Gasteiger partial charge on any atom is 0.329 e. The maximum absolute atomic E-state index is 12.5. The molecule has 2 rings (SSSR count). The van der Waals surface area contributed by atoms with Gasteiger partial charge in [0.1, 0.15) is 6.04 Å². The number of unbranched alkanes of at least 4 members (excludes halogenated alkanes) is 1. The van der Waals surface area contributed by atoms with Gasteiger partial charge >= 0.3 is 5.97 Å². The molecule has 1 amide bonds. The zero-order chi connectivity index (χ0) is 19.2. The number of amides is 1. The minimum absolute atomic E-state index is 0.0463. The van der Waals surface area contributed by atoms with Gasteiger partial charge in [-0.2, -0.15) is 8.42 Å². The summed E-state index contributed by atoms with van der Waals surface area (Å²) >= 11 is 0. The largest absolute Gasteiger partial charge is 0.464 e. The van der Waals surface area contributed by atoms with Crippen molar-refractivity contribution in [2.24, 2.45) is 5.92 Å². The molecule has 1 heterocycles. The Morgan fingerprint density at radius 3 is 2.81 bits per heavy atom. The molecule has 10 heteroatoms. The molecule has 0 spiro atoms. The highest BCUT2D eigenvalue weighted by Crippen LogP contribution is 2.30. The van der Waals surface area contributed by atoms with Crippen LogP contribution in [0.2, 0.25) is 0 Å². The second kappa shape index (κ2) is 9.13. The van der Waals surface area contributed by atoms with Crippen molar-refractivity contribution in [3.63, 3.8) is 0 Å². The third-order valence-electron chi connectivity index (χ3n) is 4.49. The van der Waals surface area contributed by atoms with Crippen LogP contribution >= 0.6 is 0 Å². The summed E-state index contributed by atoms with van der Waals surface area (Å²) in [4.78, 5) is 31.6. The van der Waals surface area contributed by atoms with Crippen molar-refractivity contribution in [2.45, 2.75) is 56.7 Å². The second-order valence-electron chi connectivity index (χ2n) is 6.49. The Kier molecular flexibility index (Phi) is 7.15. The van der Waals surface area contributed by atoms with E-state index >= 15 is 0 Å². The molecule has 0 saturated heterocycles. The van der Waals surface area contributed by atoms with Gasteiger partial charge in [-0.05, 0) is 25.7 Å². The number of aromatic nitrogens is 2. The molecular weight excluding hydrogens is 362 g/mol. The summed E-state index contributed by atoms with van der Waals surface area (Å²) in [5.41, 5.74) is 0.602. The second-order valence-corrected chi connectivity index (χ2v) is 8.19. The van der Waals surface area contributed by atoms with Gasteiger partial charge in [-0.15, -0.1) is 0 Å². The molecule has 1 aromatic heterocycles. The van der Waals surface area contributed by atoms with Gasteiger partial charge in [0.15, 0.2) is 0 Å². The summed E-state index contributed by atoms with van der Waals surface area (Å²) in [5, 5.41) is 1.72. The van der Waals surface area contributed by atoms with Crippen LogP contribution in [0, 0.1) is 5.92 Å². The Morgan fingerprint density at radius 2 is 2.23 bits per heavy atom. The van der Waals surface area contributed by atoms with E-state index in [2.05, 4.69) is 15.3 Å². The Morgan fingerprint density at radius 1 is 1.46 bits per heavy atom. The first-order chi connectivity index (χ1) is 12.3. The number of H-pyrrole nitrogens is 1. The molecule has 1 aliphatic rings. The van der Waals surface area contributed by atoms with E-state index < -0.39 is 39.2 Å². The molecule has 1 fully saturated rings. The molecule has 26 heavy (non-hydrogen) atoms. The number of rotatable bonds is 9. The number of ether oxygens (including phenoxy) is 1. The molecule has 1 saturated carbocycles. The SMILES string of the molecule is CCCCOC(=O)[C@H](Cc1c[nH]cn1)NC(=O)C1CCC(S(=O)(=O)O)C1. The van der Waals surface area contributed by atoms with Crippen molar-refractivity contribution in [2.75, 3.05) is 6.61 Å². The van der Waals surface area contributed by atoms with Crippen molar-refractivity contribution in [1.29, 1.82) is 0 Å². The molecule has 146 valence electrons. The van der Waals surface area contributed by atoms with Crippen molar-refractivity contribution in [1.82, 2.24) is 15.3 Å². The zero-order valence-corrected chi connectivity index (χ0v) is 15.5. The molecule has 1 aromatic rings. The number of nitrogens with one attached hydrogen (secondary N) is 2. The van der Waals surface area contributed by atoms with Crippen LogP contribution in [-0.4, -0.2) is 52.7 Å². The number of imidazole rings is 1. The van der Waals surface area contributed by atoms with Crippen LogP contribution in [0.3, 0.4) is 0 Å². The molecule has 2 unspecified atom stereocenters. The first-order valence-corrected chi connectivity index (χ1v) is 10.2. The van der Waals surface area contributed by atoms with E-state index in [4.69, 9.17) is 9.29 Å². The molecule has 3 N–H and O–H groups in total. The highest BCUT2D eigenvalue weighted by Gasteiger charge is 2.38. The third-order valence-corrected chi connectivity index (χ3v) is 5.76. The number of carbonyl (C=O) groups excluding carboxylic acids is 2. The third kappa shape index (κ3) is 5.80. The van der Waals surface area contributed by atoms with Gasteiger partial charge < -0.3 is 15.0 Å². The van der Waals surface area contributed by atoms with Crippen LogP contribution in [0.15, 0.2) is 12.5 Å². The van der Waals surface area contributed by atoms with E-state index in [9.17, 15) is 18.0 Å². The average molecular weight is 387 g/mol. The van der Waals surface area contributed by atoms with E-state index in [0.717, 1.165) is 12.8 Å². The van der Waals surface area contributed by atoms with Crippen molar-refractivity contribution in [3.05, 3.63) is 18.2 Å². The molecule has 1 aliphatic carbocycles. The minimum Gasteiger partial charge on any atom is -0.464 e. The highest BCUT2D eigenvalue weighted by molar-refractivity contribution is 7.86. The van der Waals surface area contributed by atoms with Gasteiger partial charge in [0.2, 0.25) is 5.91 Å². The highest BCUT2D eigenvalue weighted by atomic mass is 32.2. The van der Waals surface area contributed by atoms with Gasteiger partial charge in [-0.1, -0.05) is 13.3 Å². The summed E-state index contributed by atoms with van der Waals surface area (Å²) < 4.78 is 36.8. The van der Waals surface area contributed by atoms with Crippen LogP contribution in [0.4, 0.5) is 0 Å². The van der Waals surface area contributed by atoms with E-state index in [1.165, 1.54) is 6.33 Å². The molecule has 0 aromatic carbocycles. The lowest BCUT2D eigenvalue weighted by molar-refractivity contribution is -0.148. The smallest absolute Gasteiger partial charge is 0.329 e. The Bertz CT molecular complexity index is 704. The predicted octanol–water partition coefficient (Wildman–Crippen LogP) is 0.837. The lowest BCUT2D eigenvalue weighted by Crippen LogP contribution is -2.45. The van der Waals surface area contributed by atoms with Gasteiger partial charge in [0.25, 0.3) is 10.1 Å². The monoisotopic (exact) mass is 387 g/mol. The Balaban J connectivity index is 1.98. The molecule has 0 radical (unpaired) electrons. The zero-order valence-electron chi connectivity index (χ0n) is 14.7. The molecular formula is C16H25N3O6S. The van der Waals surface area contributed by atoms with Crippen molar-refractivity contribution in [3.8, 4) is 0 Å².